The van der Waals surface area contributed by atoms with Gasteiger partial charge in [0.15, 0.2) is 0 Å². The van der Waals surface area contributed by atoms with E-state index in [0.29, 0.717) is 30.8 Å². The Morgan fingerprint density at radius 2 is 2.17 bits per heavy atom. The van der Waals surface area contributed by atoms with Crippen molar-refractivity contribution in [3.8, 4) is 0 Å². The van der Waals surface area contributed by atoms with Gasteiger partial charge in [0.05, 0.1) is 18.3 Å². The maximum absolute atomic E-state index is 12.8. The van der Waals surface area contributed by atoms with Gasteiger partial charge < -0.3 is 20.0 Å². The van der Waals surface area contributed by atoms with Crippen LogP contribution in [0.5, 0.6) is 0 Å². The maximum atomic E-state index is 12.8. The normalized spacial score (nSPS) is 24.9. The van der Waals surface area contributed by atoms with Crippen LogP contribution in [0.1, 0.15) is 28.7 Å². The molecule has 2 amide bonds. The van der Waals surface area contributed by atoms with Crippen LogP contribution in [0.3, 0.4) is 0 Å². The largest absolute Gasteiger partial charge is 0.465 e. The predicted molar refractivity (Wildman–Crippen MR) is 85.6 cm³/mol. The highest BCUT2D eigenvalue weighted by Crippen LogP contribution is 2.29. The summed E-state index contributed by atoms with van der Waals surface area (Å²) in [7, 11) is 1.68. The van der Waals surface area contributed by atoms with Gasteiger partial charge in [-0.2, -0.15) is 5.10 Å². The second-order valence-electron chi connectivity index (χ2n) is 6.59. The van der Waals surface area contributed by atoms with Crippen molar-refractivity contribution in [2.75, 3.05) is 13.6 Å². The van der Waals surface area contributed by atoms with Crippen molar-refractivity contribution >= 4 is 12.0 Å². The summed E-state index contributed by atoms with van der Waals surface area (Å²) in [5.74, 6) is -0.394. The van der Waals surface area contributed by atoms with E-state index in [1.165, 1.54) is 11.0 Å². The molecule has 8 heteroatoms. The Bertz CT molecular complexity index is 698. The minimum absolute atomic E-state index is 0.162. The Hall–Kier alpha value is -2.35. The topological polar surface area (TPSA) is 98.9 Å². The molecule has 0 saturated carbocycles. The Labute approximate surface area is 140 Å². The molecular formula is C16H22N4O4. The van der Waals surface area contributed by atoms with Crippen molar-refractivity contribution < 1.29 is 19.8 Å². The van der Waals surface area contributed by atoms with E-state index in [1.54, 1.807) is 16.6 Å². The zero-order valence-corrected chi connectivity index (χ0v) is 13.8. The molecule has 0 aliphatic carbocycles. The van der Waals surface area contributed by atoms with Gasteiger partial charge in [-0.25, -0.2) is 4.79 Å². The Morgan fingerprint density at radius 3 is 2.79 bits per heavy atom. The second-order valence-corrected chi connectivity index (χ2v) is 6.59. The number of nitrogens with zero attached hydrogens (tertiary/aromatic N) is 4. The Balaban J connectivity index is 2.04. The highest BCUT2D eigenvalue weighted by molar-refractivity contribution is 5.94. The molecule has 2 aliphatic rings. The van der Waals surface area contributed by atoms with Crippen LogP contribution < -0.4 is 0 Å². The van der Waals surface area contributed by atoms with Gasteiger partial charge >= 0.3 is 6.09 Å². The number of amides is 2. The fourth-order valence-electron chi connectivity index (χ4n) is 3.53. The van der Waals surface area contributed by atoms with Gasteiger partial charge in [-0.05, 0) is 6.92 Å². The van der Waals surface area contributed by atoms with Gasteiger partial charge in [-0.3, -0.25) is 9.48 Å². The van der Waals surface area contributed by atoms with E-state index in [-0.39, 0.29) is 24.4 Å². The van der Waals surface area contributed by atoms with Gasteiger partial charge in [0.25, 0.3) is 5.91 Å². The molecule has 0 fully saturated rings. The first kappa shape index (κ1) is 16.5. The van der Waals surface area contributed by atoms with Crippen LogP contribution >= 0.6 is 0 Å². The maximum Gasteiger partial charge on any atom is 0.407 e. The number of rotatable bonds is 2. The second kappa shape index (κ2) is 5.94. The van der Waals surface area contributed by atoms with Crippen molar-refractivity contribution in [1.29, 1.82) is 0 Å². The summed E-state index contributed by atoms with van der Waals surface area (Å²) in [4.78, 5) is 27.1. The third kappa shape index (κ3) is 2.56. The molecule has 3 atom stereocenters. The molecule has 0 aromatic carbocycles. The lowest BCUT2D eigenvalue weighted by Gasteiger charge is -2.30. The molecule has 2 N–H and O–H groups in total. The Kier molecular flexibility index (Phi) is 4.08. The molecule has 1 aromatic rings. The lowest BCUT2D eigenvalue weighted by atomic mass is 9.99. The van der Waals surface area contributed by atoms with Crippen molar-refractivity contribution in [2.45, 2.75) is 38.6 Å². The summed E-state index contributed by atoms with van der Waals surface area (Å²) in [6.45, 7) is 6.40. The van der Waals surface area contributed by atoms with Crippen molar-refractivity contribution in [3.05, 3.63) is 29.6 Å². The third-order valence-electron chi connectivity index (χ3n) is 4.92. The minimum atomic E-state index is -0.998. The summed E-state index contributed by atoms with van der Waals surface area (Å²) in [6, 6.07) is -0.184. The molecule has 3 rings (SSSR count). The fraction of sp³-hybridized carbons (Fsp3) is 0.562. The van der Waals surface area contributed by atoms with Gasteiger partial charge in [0.2, 0.25) is 0 Å². The van der Waals surface area contributed by atoms with E-state index < -0.39 is 12.2 Å². The smallest absolute Gasteiger partial charge is 0.407 e. The minimum Gasteiger partial charge on any atom is -0.465 e. The summed E-state index contributed by atoms with van der Waals surface area (Å²) >= 11 is 0. The average molecular weight is 334 g/mol. The number of aromatic nitrogens is 2. The molecule has 0 radical (unpaired) electrons. The van der Waals surface area contributed by atoms with Crippen molar-refractivity contribution in [2.24, 2.45) is 5.92 Å². The number of fused-ring (bicyclic) bond motifs is 3. The van der Waals surface area contributed by atoms with Crippen LogP contribution in [0.4, 0.5) is 4.79 Å². The zero-order chi connectivity index (χ0) is 17.6. The van der Waals surface area contributed by atoms with E-state index in [2.05, 4.69) is 11.7 Å². The van der Waals surface area contributed by atoms with Crippen LogP contribution in [0.15, 0.2) is 12.7 Å². The molecule has 2 aliphatic heterocycles. The molecule has 0 spiro atoms. The third-order valence-corrected chi connectivity index (χ3v) is 4.92. The number of hydrogen-bond acceptors (Lipinski definition) is 4. The van der Waals surface area contributed by atoms with E-state index in [0.717, 1.165) is 5.69 Å². The molecule has 0 saturated heterocycles. The molecule has 0 bridgehead atoms. The summed E-state index contributed by atoms with van der Waals surface area (Å²) < 4.78 is 1.63. The first-order valence-electron chi connectivity index (χ1n) is 7.97. The monoisotopic (exact) mass is 334 g/mol. The number of carboxylic acid groups (broad SMARTS) is 1. The highest BCUT2D eigenvalue weighted by atomic mass is 16.4. The molecule has 130 valence electrons. The summed E-state index contributed by atoms with van der Waals surface area (Å²) in [5.41, 5.74) is 1.89. The van der Waals surface area contributed by atoms with E-state index in [9.17, 15) is 19.8 Å². The molecule has 1 aromatic heterocycles. The average Bonchev–Trinajstić information content (AvgIpc) is 2.82. The molecule has 8 nitrogen and oxygen atoms in total. The Morgan fingerprint density at radius 1 is 1.46 bits per heavy atom. The van der Waals surface area contributed by atoms with Gasteiger partial charge in [0.1, 0.15) is 5.69 Å². The number of carbonyl (C=O) groups excluding carboxylic acids is 1. The standard InChI is InChI=1S/C16H22N4O4/c1-4-13(21)10-6-18(3)15(22)14-11-8-19(16(23)24)9(2)5-12(11)17-20(14)7-10/h4,9-10,13,21H,1,5-8H2,2-3H3,(H,23,24)/t9-,10+,13-/m1/s1. The predicted octanol–water partition coefficient (Wildman–Crippen LogP) is 0.556. The van der Waals surface area contributed by atoms with E-state index >= 15 is 0 Å². The molecule has 0 unspecified atom stereocenters. The van der Waals surface area contributed by atoms with Crippen LogP contribution in [-0.4, -0.2) is 67.5 Å². The first-order valence-corrected chi connectivity index (χ1v) is 7.97. The highest BCUT2D eigenvalue weighted by Gasteiger charge is 2.37. The van der Waals surface area contributed by atoms with Gasteiger partial charge in [0, 0.05) is 44.1 Å². The molecule has 3 heterocycles. The van der Waals surface area contributed by atoms with Crippen LogP contribution in [0.25, 0.3) is 0 Å². The van der Waals surface area contributed by atoms with Gasteiger partial charge in [-0.15, -0.1) is 6.58 Å². The number of hydrogen-bond donors (Lipinski definition) is 2. The van der Waals surface area contributed by atoms with E-state index in [1.807, 2.05) is 6.92 Å². The van der Waals surface area contributed by atoms with Crippen molar-refractivity contribution in [1.82, 2.24) is 19.6 Å². The number of aliphatic hydroxyl groups excluding tert-OH is 1. The molecular weight excluding hydrogens is 312 g/mol. The lowest BCUT2D eigenvalue weighted by Crippen LogP contribution is -2.42. The SMILES string of the molecule is C=C[C@@H](O)[C@H]1CN(C)C(=O)c2c3c(nn2C1)C[C@@H](C)N(C(=O)O)C3. The lowest BCUT2D eigenvalue weighted by molar-refractivity contribution is 0.0722. The van der Waals surface area contributed by atoms with Crippen LogP contribution in [0, 0.1) is 5.92 Å². The number of carbonyl (C=O) groups is 2. The van der Waals surface area contributed by atoms with Gasteiger partial charge in [-0.1, -0.05) is 6.08 Å². The van der Waals surface area contributed by atoms with Crippen LogP contribution in [-0.2, 0) is 19.5 Å². The van der Waals surface area contributed by atoms with E-state index in [4.69, 9.17) is 0 Å². The summed E-state index contributed by atoms with van der Waals surface area (Å²) in [5, 5.41) is 24.0. The first-order chi connectivity index (χ1) is 11.3. The van der Waals surface area contributed by atoms with Crippen LogP contribution in [0.2, 0.25) is 0 Å². The van der Waals surface area contributed by atoms with Crippen molar-refractivity contribution in [3.63, 3.8) is 0 Å². The fourth-order valence-corrected chi connectivity index (χ4v) is 3.53. The summed E-state index contributed by atoms with van der Waals surface area (Å²) in [6.07, 6.45) is 0.211. The number of aliphatic hydroxyl groups is 1. The quantitative estimate of drug-likeness (QED) is 0.770. The molecule has 24 heavy (non-hydrogen) atoms. The zero-order valence-electron chi connectivity index (χ0n) is 13.8.